The zero-order valence-electron chi connectivity index (χ0n) is 11.7. The molecule has 18 heavy (non-hydrogen) atoms. The van der Waals surface area contributed by atoms with Crippen LogP contribution in [0.15, 0.2) is 0 Å². The van der Waals surface area contributed by atoms with Crippen LogP contribution in [0.25, 0.3) is 0 Å². The van der Waals surface area contributed by atoms with E-state index in [0.717, 1.165) is 12.0 Å². The average Bonchev–Trinajstić information content (AvgIpc) is 2.39. The molecule has 3 aliphatic rings. The molecule has 0 aromatic heterocycles. The van der Waals surface area contributed by atoms with Gasteiger partial charge in [-0.15, -0.1) is 0 Å². The number of hydrogen-bond donors (Lipinski definition) is 1. The van der Waals surface area contributed by atoms with Gasteiger partial charge in [0.2, 0.25) is 0 Å². The van der Waals surface area contributed by atoms with Gasteiger partial charge in [-0.25, -0.2) is 0 Å². The molecular weight excluding hydrogens is 222 g/mol. The zero-order chi connectivity index (χ0) is 12.2. The third kappa shape index (κ3) is 3.25. The van der Waals surface area contributed by atoms with Crippen LogP contribution in [0.3, 0.4) is 0 Å². The molecule has 0 aromatic rings. The first-order valence-electron chi connectivity index (χ1n) is 8.09. The van der Waals surface area contributed by atoms with Gasteiger partial charge in [-0.3, -0.25) is 0 Å². The maximum absolute atomic E-state index is 3.37. The fraction of sp³-hybridized carbons (Fsp3) is 1.00. The first-order valence-corrected chi connectivity index (χ1v) is 8.09. The van der Waals surface area contributed by atoms with E-state index in [9.17, 15) is 0 Å². The van der Waals surface area contributed by atoms with Gasteiger partial charge in [0.1, 0.15) is 0 Å². The molecule has 0 spiro atoms. The summed E-state index contributed by atoms with van der Waals surface area (Å²) in [7, 11) is 0. The van der Waals surface area contributed by atoms with Crippen LogP contribution in [0, 0.1) is 5.92 Å². The Kier molecular flexibility index (Phi) is 4.55. The highest BCUT2D eigenvalue weighted by molar-refractivity contribution is 4.82. The van der Waals surface area contributed by atoms with Crippen LogP contribution in [0.1, 0.15) is 38.5 Å². The van der Waals surface area contributed by atoms with Crippen molar-refractivity contribution >= 4 is 0 Å². The minimum absolute atomic E-state index is 0.909. The molecule has 104 valence electrons. The van der Waals surface area contributed by atoms with Crippen LogP contribution >= 0.6 is 0 Å². The van der Waals surface area contributed by atoms with Crippen molar-refractivity contribution in [1.82, 2.24) is 15.1 Å². The second-order valence-electron chi connectivity index (χ2n) is 6.48. The molecule has 3 heteroatoms. The number of nitrogens with one attached hydrogen (secondary N) is 1. The Hall–Kier alpha value is -0.120. The number of nitrogens with zero attached hydrogens (tertiary/aromatic N) is 2. The van der Waals surface area contributed by atoms with Gasteiger partial charge >= 0.3 is 0 Å². The molecule has 3 fully saturated rings. The molecule has 3 heterocycles. The lowest BCUT2D eigenvalue weighted by molar-refractivity contribution is 0.0883. The Morgan fingerprint density at radius 2 is 1.61 bits per heavy atom. The van der Waals surface area contributed by atoms with E-state index in [-0.39, 0.29) is 0 Å². The molecule has 3 aliphatic heterocycles. The average molecular weight is 251 g/mol. The summed E-state index contributed by atoms with van der Waals surface area (Å²) in [6.45, 7) is 9.33. The number of rotatable bonds is 4. The lowest BCUT2D eigenvalue weighted by Crippen LogP contribution is -2.48. The molecular formula is C15H29N3. The van der Waals surface area contributed by atoms with E-state index in [1.807, 2.05) is 0 Å². The van der Waals surface area contributed by atoms with Gasteiger partial charge in [-0.2, -0.15) is 0 Å². The smallest absolute Gasteiger partial charge is 0.0120 e. The van der Waals surface area contributed by atoms with E-state index < -0.39 is 0 Å². The molecule has 0 saturated carbocycles. The van der Waals surface area contributed by atoms with Crippen molar-refractivity contribution in [3.05, 3.63) is 0 Å². The Labute approximate surface area is 112 Å². The SMILES string of the molecule is C1CCN(C2CCN(CCC3CNC3)CC2)CC1. The monoisotopic (exact) mass is 251 g/mol. The van der Waals surface area contributed by atoms with Crippen LogP contribution in [0.2, 0.25) is 0 Å². The molecule has 1 N–H and O–H groups in total. The van der Waals surface area contributed by atoms with Crippen molar-refractivity contribution in [3.63, 3.8) is 0 Å². The second-order valence-corrected chi connectivity index (χ2v) is 6.48. The number of likely N-dealkylation sites (tertiary alicyclic amines) is 2. The first-order chi connectivity index (χ1) is 8.92. The molecule has 0 atom stereocenters. The summed E-state index contributed by atoms with van der Waals surface area (Å²) in [5.74, 6) is 0.977. The number of hydrogen-bond acceptors (Lipinski definition) is 3. The zero-order valence-corrected chi connectivity index (χ0v) is 11.7. The van der Waals surface area contributed by atoms with E-state index >= 15 is 0 Å². The van der Waals surface area contributed by atoms with Gasteiger partial charge in [-0.1, -0.05) is 6.42 Å². The Balaban J connectivity index is 1.34. The van der Waals surface area contributed by atoms with Crippen molar-refractivity contribution < 1.29 is 0 Å². The normalized spacial score (nSPS) is 29.3. The summed E-state index contributed by atoms with van der Waals surface area (Å²) in [6.07, 6.45) is 8.60. The molecule has 3 saturated heterocycles. The van der Waals surface area contributed by atoms with Crippen LogP contribution in [0.5, 0.6) is 0 Å². The predicted molar refractivity (Wildman–Crippen MR) is 75.9 cm³/mol. The fourth-order valence-corrected chi connectivity index (χ4v) is 3.71. The maximum atomic E-state index is 3.37. The fourth-order valence-electron chi connectivity index (χ4n) is 3.71. The van der Waals surface area contributed by atoms with Crippen LogP contribution < -0.4 is 5.32 Å². The summed E-state index contributed by atoms with van der Waals surface area (Å²) >= 11 is 0. The molecule has 3 nitrogen and oxygen atoms in total. The van der Waals surface area contributed by atoms with E-state index in [2.05, 4.69) is 15.1 Å². The Morgan fingerprint density at radius 3 is 2.22 bits per heavy atom. The summed E-state index contributed by atoms with van der Waals surface area (Å²) in [5.41, 5.74) is 0. The lowest BCUT2D eigenvalue weighted by atomic mass is 9.97. The highest BCUT2D eigenvalue weighted by atomic mass is 15.2. The molecule has 0 unspecified atom stereocenters. The molecule has 3 rings (SSSR count). The van der Waals surface area contributed by atoms with Gasteiger partial charge in [-0.05, 0) is 83.8 Å². The summed E-state index contributed by atoms with van der Waals surface area (Å²) < 4.78 is 0. The van der Waals surface area contributed by atoms with Crippen molar-refractivity contribution in [2.75, 3.05) is 45.8 Å². The standard InChI is InChI=1S/C15H29N3/c1-2-7-18(8-3-1)15-5-10-17(11-6-15)9-4-14-12-16-13-14/h14-16H,1-13H2. The summed E-state index contributed by atoms with van der Waals surface area (Å²) in [4.78, 5) is 5.48. The second kappa shape index (κ2) is 6.36. The van der Waals surface area contributed by atoms with Gasteiger partial charge < -0.3 is 15.1 Å². The Morgan fingerprint density at radius 1 is 0.889 bits per heavy atom. The minimum atomic E-state index is 0.909. The first kappa shape index (κ1) is 12.9. The van der Waals surface area contributed by atoms with Gasteiger partial charge in [0.15, 0.2) is 0 Å². The quantitative estimate of drug-likeness (QED) is 0.818. The topological polar surface area (TPSA) is 18.5 Å². The van der Waals surface area contributed by atoms with E-state index in [0.29, 0.717) is 0 Å². The van der Waals surface area contributed by atoms with E-state index in [1.165, 1.54) is 84.3 Å². The molecule has 0 amide bonds. The van der Waals surface area contributed by atoms with Crippen molar-refractivity contribution in [2.45, 2.75) is 44.6 Å². The maximum Gasteiger partial charge on any atom is 0.0120 e. The van der Waals surface area contributed by atoms with Crippen LogP contribution in [0.4, 0.5) is 0 Å². The number of piperidine rings is 2. The van der Waals surface area contributed by atoms with Gasteiger partial charge in [0.05, 0.1) is 0 Å². The third-order valence-corrected chi connectivity index (χ3v) is 5.18. The van der Waals surface area contributed by atoms with Crippen molar-refractivity contribution in [1.29, 1.82) is 0 Å². The molecule has 0 bridgehead atoms. The summed E-state index contributed by atoms with van der Waals surface area (Å²) in [5, 5.41) is 3.37. The van der Waals surface area contributed by atoms with Crippen LogP contribution in [-0.4, -0.2) is 61.7 Å². The molecule has 0 aliphatic carbocycles. The lowest BCUT2D eigenvalue weighted by Gasteiger charge is -2.40. The van der Waals surface area contributed by atoms with E-state index in [4.69, 9.17) is 0 Å². The van der Waals surface area contributed by atoms with Gasteiger partial charge in [0, 0.05) is 6.04 Å². The van der Waals surface area contributed by atoms with E-state index in [1.54, 1.807) is 0 Å². The molecule has 0 aromatic carbocycles. The van der Waals surface area contributed by atoms with Crippen molar-refractivity contribution in [3.8, 4) is 0 Å². The third-order valence-electron chi connectivity index (χ3n) is 5.18. The highest BCUT2D eigenvalue weighted by Gasteiger charge is 2.26. The van der Waals surface area contributed by atoms with Crippen LogP contribution in [-0.2, 0) is 0 Å². The largest absolute Gasteiger partial charge is 0.316 e. The summed E-state index contributed by atoms with van der Waals surface area (Å²) in [6, 6.07) is 0.909. The Bertz CT molecular complexity index is 238. The minimum Gasteiger partial charge on any atom is -0.316 e. The van der Waals surface area contributed by atoms with Gasteiger partial charge in [0.25, 0.3) is 0 Å². The van der Waals surface area contributed by atoms with Crippen molar-refractivity contribution in [2.24, 2.45) is 5.92 Å². The molecule has 0 radical (unpaired) electrons. The highest BCUT2D eigenvalue weighted by Crippen LogP contribution is 2.21. The predicted octanol–water partition coefficient (Wildman–Crippen LogP) is 1.55.